The van der Waals surface area contributed by atoms with Crippen molar-refractivity contribution in [2.24, 2.45) is 5.73 Å². The highest BCUT2D eigenvalue weighted by Crippen LogP contribution is 2.24. The molecule has 0 fully saturated rings. The summed E-state index contributed by atoms with van der Waals surface area (Å²) in [5.41, 5.74) is 5.66. The Labute approximate surface area is 147 Å². The zero-order valence-electron chi connectivity index (χ0n) is 13.6. The fourth-order valence-corrected chi connectivity index (χ4v) is 2.62. The van der Waals surface area contributed by atoms with Gasteiger partial charge in [-0.15, -0.1) is 0 Å². The lowest BCUT2D eigenvalue weighted by Crippen LogP contribution is -2.36. The molecule has 0 radical (unpaired) electrons. The van der Waals surface area contributed by atoms with Crippen molar-refractivity contribution in [2.75, 3.05) is 0 Å². The molecule has 0 saturated heterocycles. The van der Waals surface area contributed by atoms with Crippen molar-refractivity contribution in [3.63, 3.8) is 0 Å². The third kappa shape index (κ3) is 3.59. The van der Waals surface area contributed by atoms with E-state index in [0.717, 1.165) is 4.68 Å². The second-order valence-electron chi connectivity index (χ2n) is 5.59. The van der Waals surface area contributed by atoms with E-state index in [9.17, 15) is 18.8 Å². The van der Waals surface area contributed by atoms with Gasteiger partial charge >= 0.3 is 6.03 Å². The molecule has 8 heteroatoms. The summed E-state index contributed by atoms with van der Waals surface area (Å²) in [6.45, 7) is -0.0308. The number of primary amides is 1. The molecule has 3 N–H and O–H groups in total. The Balaban J connectivity index is 2.05. The number of halogens is 1. The van der Waals surface area contributed by atoms with Gasteiger partial charge in [-0.05, 0) is 30.3 Å². The normalized spacial score (nSPS) is 10.7. The van der Waals surface area contributed by atoms with E-state index in [1.54, 1.807) is 36.4 Å². The van der Waals surface area contributed by atoms with Gasteiger partial charge in [-0.25, -0.2) is 13.9 Å². The van der Waals surface area contributed by atoms with Gasteiger partial charge in [0, 0.05) is 17.4 Å². The van der Waals surface area contributed by atoms with E-state index in [-0.39, 0.29) is 24.3 Å². The third-order valence-electron chi connectivity index (χ3n) is 3.80. The molecule has 0 unspecified atom stereocenters. The first-order chi connectivity index (χ1) is 12.5. The van der Waals surface area contributed by atoms with E-state index in [1.807, 2.05) is 5.32 Å². The van der Waals surface area contributed by atoms with Crippen LogP contribution in [0.25, 0.3) is 22.0 Å². The number of nitrogens with two attached hydrogens (primary N) is 1. The molecule has 3 amide bonds. The minimum absolute atomic E-state index is 0.0308. The average Bonchev–Trinajstić information content (AvgIpc) is 2.62. The fraction of sp³-hybridized carbons (Fsp3) is 0.111. The summed E-state index contributed by atoms with van der Waals surface area (Å²) in [6, 6.07) is 11.7. The number of fused-ring (bicyclic) bond motifs is 1. The molecular weight excluding hydrogens is 339 g/mol. The summed E-state index contributed by atoms with van der Waals surface area (Å²) >= 11 is 0. The zero-order chi connectivity index (χ0) is 18.7. The van der Waals surface area contributed by atoms with Crippen LogP contribution in [-0.2, 0) is 11.3 Å². The highest BCUT2D eigenvalue weighted by Gasteiger charge is 2.13. The van der Waals surface area contributed by atoms with Gasteiger partial charge in [0.25, 0.3) is 5.56 Å². The number of hydrogen-bond acceptors (Lipinski definition) is 4. The van der Waals surface area contributed by atoms with E-state index < -0.39 is 11.9 Å². The Morgan fingerprint density at radius 1 is 1.08 bits per heavy atom. The van der Waals surface area contributed by atoms with Crippen LogP contribution in [0.5, 0.6) is 0 Å². The van der Waals surface area contributed by atoms with Gasteiger partial charge in [-0.1, -0.05) is 18.2 Å². The minimum Gasteiger partial charge on any atom is -0.351 e. The fourth-order valence-electron chi connectivity index (χ4n) is 2.62. The largest absolute Gasteiger partial charge is 0.351 e. The van der Waals surface area contributed by atoms with Crippen molar-refractivity contribution in [3.8, 4) is 11.3 Å². The van der Waals surface area contributed by atoms with Crippen LogP contribution in [0.2, 0.25) is 0 Å². The first-order valence-corrected chi connectivity index (χ1v) is 7.81. The Morgan fingerprint density at radius 2 is 1.73 bits per heavy atom. The highest BCUT2D eigenvalue weighted by molar-refractivity contribution is 5.94. The molecule has 0 bridgehead atoms. The molecule has 0 saturated carbocycles. The quantitative estimate of drug-likeness (QED) is 0.745. The number of benzene rings is 2. The number of hydrogen-bond donors (Lipinski definition) is 2. The van der Waals surface area contributed by atoms with Crippen molar-refractivity contribution >= 4 is 22.7 Å². The average molecular weight is 354 g/mol. The second kappa shape index (κ2) is 7.14. The second-order valence-corrected chi connectivity index (χ2v) is 5.59. The SMILES string of the molecule is NC(=O)NC(=O)CCn1nc(-c2ccc(F)cc2)c2ccccc2c1=O. The minimum atomic E-state index is -0.958. The van der Waals surface area contributed by atoms with E-state index >= 15 is 0 Å². The number of amides is 3. The number of rotatable bonds is 4. The van der Waals surface area contributed by atoms with Crippen molar-refractivity contribution in [3.05, 3.63) is 64.7 Å². The molecule has 0 atom stereocenters. The van der Waals surface area contributed by atoms with Crippen LogP contribution in [0.1, 0.15) is 6.42 Å². The monoisotopic (exact) mass is 354 g/mol. The molecule has 2 aromatic carbocycles. The van der Waals surface area contributed by atoms with E-state index in [4.69, 9.17) is 5.73 Å². The van der Waals surface area contributed by atoms with Crippen LogP contribution in [0.15, 0.2) is 53.3 Å². The summed E-state index contributed by atoms with van der Waals surface area (Å²) < 4.78 is 14.4. The molecule has 3 rings (SSSR count). The maximum atomic E-state index is 13.2. The number of aromatic nitrogens is 2. The Bertz CT molecular complexity index is 1040. The van der Waals surface area contributed by atoms with Crippen LogP contribution >= 0.6 is 0 Å². The van der Waals surface area contributed by atoms with Gasteiger partial charge in [0.1, 0.15) is 5.82 Å². The summed E-state index contributed by atoms with van der Waals surface area (Å²) in [5.74, 6) is -0.989. The van der Waals surface area contributed by atoms with E-state index in [1.165, 1.54) is 12.1 Å². The van der Waals surface area contributed by atoms with Crippen LogP contribution < -0.4 is 16.6 Å². The van der Waals surface area contributed by atoms with Crippen LogP contribution in [-0.4, -0.2) is 21.7 Å². The topological polar surface area (TPSA) is 107 Å². The summed E-state index contributed by atoms with van der Waals surface area (Å²) in [4.78, 5) is 34.9. The molecule has 0 spiro atoms. The molecule has 3 aromatic rings. The van der Waals surface area contributed by atoms with Crippen molar-refractivity contribution in [1.82, 2.24) is 15.1 Å². The number of nitrogens with zero attached hydrogens (tertiary/aromatic N) is 2. The predicted octanol–water partition coefficient (Wildman–Crippen LogP) is 1.79. The smallest absolute Gasteiger partial charge is 0.318 e. The standard InChI is InChI=1S/C18H15FN4O3/c19-12-7-5-11(6-8-12)16-13-3-1-2-4-14(13)17(25)23(22-16)10-9-15(24)21-18(20)26/h1-8H,9-10H2,(H3,20,21,24,26). The van der Waals surface area contributed by atoms with Gasteiger partial charge in [0.15, 0.2) is 0 Å². The Kier molecular flexibility index (Phi) is 4.74. The lowest BCUT2D eigenvalue weighted by Gasteiger charge is -2.11. The molecule has 0 aliphatic heterocycles. The molecule has 7 nitrogen and oxygen atoms in total. The molecule has 0 aliphatic carbocycles. The Hall–Kier alpha value is -3.55. The number of urea groups is 1. The van der Waals surface area contributed by atoms with Crippen LogP contribution in [0.4, 0.5) is 9.18 Å². The van der Waals surface area contributed by atoms with Crippen molar-refractivity contribution in [1.29, 1.82) is 0 Å². The first kappa shape index (κ1) is 17.3. The molecular formula is C18H15FN4O3. The van der Waals surface area contributed by atoms with Gasteiger partial charge in [0.05, 0.1) is 17.6 Å². The van der Waals surface area contributed by atoms with Gasteiger partial charge in [-0.3, -0.25) is 14.9 Å². The lowest BCUT2D eigenvalue weighted by atomic mass is 10.1. The summed E-state index contributed by atoms with van der Waals surface area (Å²) in [5, 5.41) is 7.33. The highest BCUT2D eigenvalue weighted by atomic mass is 19.1. The van der Waals surface area contributed by atoms with Crippen LogP contribution in [0, 0.1) is 5.82 Å². The van der Waals surface area contributed by atoms with Crippen molar-refractivity contribution in [2.45, 2.75) is 13.0 Å². The number of carbonyl (C=O) groups excluding carboxylic acids is 2. The summed E-state index contributed by atoms with van der Waals surface area (Å²) in [6.07, 6.45) is -0.142. The van der Waals surface area contributed by atoms with Crippen LogP contribution in [0.3, 0.4) is 0 Å². The maximum absolute atomic E-state index is 13.2. The third-order valence-corrected chi connectivity index (χ3v) is 3.80. The predicted molar refractivity (Wildman–Crippen MR) is 93.7 cm³/mol. The molecule has 1 aromatic heterocycles. The first-order valence-electron chi connectivity index (χ1n) is 7.81. The number of imide groups is 1. The van der Waals surface area contributed by atoms with Gasteiger partial charge < -0.3 is 5.73 Å². The lowest BCUT2D eigenvalue weighted by molar-refractivity contribution is -0.120. The maximum Gasteiger partial charge on any atom is 0.318 e. The van der Waals surface area contributed by atoms with Crippen molar-refractivity contribution < 1.29 is 14.0 Å². The number of carbonyl (C=O) groups is 2. The Morgan fingerprint density at radius 3 is 2.38 bits per heavy atom. The van der Waals surface area contributed by atoms with Gasteiger partial charge in [-0.2, -0.15) is 5.10 Å². The van der Waals surface area contributed by atoms with E-state index in [2.05, 4.69) is 5.10 Å². The number of aryl methyl sites for hydroxylation is 1. The molecule has 1 heterocycles. The van der Waals surface area contributed by atoms with Gasteiger partial charge in [0.2, 0.25) is 5.91 Å². The molecule has 26 heavy (non-hydrogen) atoms. The number of nitrogens with one attached hydrogen (secondary N) is 1. The summed E-state index contributed by atoms with van der Waals surface area (Å²) in [7, 11) is 0. The van der Waals surface area contributed by atoms with E-state index in [0.29, 0.717) is 22.0 Å². The zero-order valence-corrected chi connectivity index (χ0v) is 13.6. The molecule has 132 valence electrons. The molecule has 0 aliphatic rings.